The zero-order chi connectivity index (χ0) is 37.1. The number of rotatable bonds is 3. The van der Waals surface area contributed by atoms with Gasteiger partial charge in [0.05, 0.1) is 62.0 Å². The average molecular weight is 714 g/mol. The van der Waals surface area contributed by atoms with Crippen molar-refractivity contribution in [1.82, 2.24) is 13.7 Å². The lowest BCUT2D eigenvalue weighted by Crippen LogP contribution is -2.06. The highest BCUT2D eigenvalue weighted by Crippen LogP contribution is 2.44. The summed E-state index contributed by atoms with van der Waals surface area (Å²) in [5.41, 5.74) is 11.1. The highest BCUT2D eigenvalue weighted by Gasteiger charge is 2.25. The van der Waals surface area contributed by atoms with Crippen LogP contribution in [0.1, 0.15) is 5.56 Å². The first-order valence-corrected chi connectivity index (χ1v) is 18.5. The summed E-state index contributed by atoms with van der Waals surface area (Å²) in [5, 5.41) is 19.6. The van der Waals surface area contributed by atoms with E-state index in [1.54, 1.807) is 6.07 Å². The number of nitriles is 1. The normalized spacial score (nSPS) is 11.9. The molecule has 6 nitrogen and oxygen atoms in total. The smallest absolute Gasteiger partial charge is 0.190 e. The van der Waals surface area contributed by atoms with Gasteiger partial charge in [-0.05, 0) is 72.8 Å². The number of hydrogen-bond donors (Lipinski definition) is 0. The van der Waals surface area contributed by atoms with Crippen LogP contribution in [0.4, 0.5) is 5.69 Å². The van der Waals surface area contributed by atoms with E-state index in [1.165, 1.54) is 10.8 Å². The third-order valence-corrected chi connectivity index (χ3v) is 11.5. The van der Waals surface area contributed by atoms with Crippen LogP contribution in [0.2, 0.25) is 0 Å². The second-order valence-electron chi connectivity index (χ2n) is 14.3. The van der Waals surface area contributed by atoms with E-state index in [0.29, 0.717) is 16.9 Å². The molecule has 6 heteroatoms. The summed E-state index contributed by atoms with van der Waals surface area (Å²) in [6, 6.07) is 59.0. The van der Waals surface area contributed by atoms with Gasteiger partial charge < -0.3 is 18.1 Å². The number of fused-ring (bicyclic) bond motifs is 13. The minimum Gasteiger partial charge on any atom is -0.455 e. The van der Waals surface area contributed by atoms with Gasteiger partial charge in [0, 0.05) is 43.4 Å². The lowest BCUT2D eigenvalue weighted by atomic mass is 10.1. The number of hydrogen-bond acceptors (Lipinski definition) is 2. The Balaban J connectivity index is 1.20. The van der Waals surface area contributed by atoms with Crippen molar-refractivity contribution in [2.75, 3.05) is 0 Å². The molecule has 0 spiro atoms. The molecule has 4 aromatic heterocycles. The van der Waals surface area contributed by atoms with Crippen LogP contribution in [0, 0.1) is 17.9 Å². The molecule has 0 saturated carbocycles. The molecular weight excluding hydrogens is 687 g/mol. The molecule has 0 saturated heterocycles. The number of aromatic nitrogens is 3. The fraction of sp³-hybridized carbons (Fsp3) is 0. The molecule has 8 aromatic carbocycles. The van der Waals surface area contributed by atoms with Crippen molar-refractivity contribution >= 4 is 93.0 Å². The Morgan fingerprint density at radius 1 is 0.482 bits per heavy atom. The topological polar surface area (TPSA) is 56.1 Å². The monoisotopic (exact) mass is 713 g/mol. The SMILES string of the molecule is [C-]#[N+]c1cc(C#N)c(-n2c3ccccc3c3cc(-n4c5ccccc5c5ccccc54)ccc32)c(-n2c3ccccc3c3c4oc5ccccc5c4ccc32)c1. The summed E-state index contributed by atoms with van der Waals surface area (Å²) < 4.78 is 13.4. The Morgan fingerprint density at radius 2 is 1.04 bits per heavy atom. The molecule has 0 radical (unpaired) electrons. The third-order valence-electron chi connectivity index (χ3n) is 11.5. The van der Waals surface area contributed by atoms with Crippen LogP contribution in [-0.4, -0.2) is 13.7 Å². The first-order valence-electron chi connectivity index (χ1n) is 18.5. The minimum atomic E-state index is 0.394. The highest BCUT2D eigenvalue weighted by molar-refractivity contribution is 6.24. The molecule has 12 rings (SSSR count). The predicted molar refractivity (Wildman–Crippen MR) is 228 cm³/mol. The van der Waals surface area contributed by atoms with Crippen molar-refractivity contribution in [3.05, 3.63) is 181 Å². The average Bonchev–Trinajstić information content (AvgIpc) is 3.99. The van der Waals surface area contributed by atoms with Gasteiger partial charge in [-0.2, -0.15) is 5.26 Å². The fourth-order valence-corrected chi connectivity index (χ4v) is 9.20. The van der Waals surface area contributed by atoms with E-state index < -0.39 is 0 Å². The van der Waals surface area contributed by atoms with Crippen molar-refractivity contribution < 1.29 is 4.42 Å². The lowest BCUT2D eigenvalue weighted by Gasteiger charge is -2.19. The summed E-state index contributed by atoms with van der Waals surface area (Å²) in [6.45, 7) is 8.13. The molecule has 0 atom stereocenters. The van der Waals surface area contributed by atoms with Gasteiger partial charge in [-0.3, -0.25) is 0 Å². The molecule has 0 aliphatic rings. The van der Waals surface area contributed by atoms with Crippen LogP contribution in [0.3, 0.4) is 0 Å². The molecule has 56 heavy (non-hydrogen) atoms. The second-order valence-corrected chi connectivity index (χ2v) is 14.3. The van der Waals surface area contributed by atoms with Crippen molar-refractivity contribution in [2.45, 2.75) is 0 Å². The molecule has 0 fully saturated rings. The minimum absolute atomic E-state index is 0.394. The molecular formula is C50H27N5O. The third kappa shape index (κ3) is 3.97. The maximum atomic E-state index is 10.9. The molecule has 4 heterocycles. The number of para-hydroxylation sites is 5. The number of benzene rings is 8. The summed E-state index contributed by atoms with van der Waals surface area (Å²) in [4.78, 5) is 3.88. The van der Waals surface area contributed by atoms with Crippen molar-refractivity contribution in [1.29, 1.82) is 5.26 Å². The van der Waals surface area contributed by atoms with Crippen LogP contribution in [0.25, 0.3) is 109 Å². The van der Waals surface area contributed by atoms with Gasteiger partial charge in [0.1, 0.15) is 17.2 Å². The van der Waals surface area contributed by atoms with Crippen molar-refractivity contribution in [2.24, 2.45) is 0 Å². The summed E-state index contributed by atoms with van der Waals surface area (Å²) >= 11 is 0. The summed E-state index contributed by atoms with van der Waals surface area (Å²) in [6.07, 6.45) is 0. The van der Waals surface area contributed by atoms with Gasteiger partial charge in [0.15, 0.2) is 5.69 Å². The standard InChI is InChI=1S/C50H27N5O/c1-52-31-26-30(29-51)49(46(27-31)54-43-20-10-5-16-38(43)48-45(54)25-23-37-36-15-6-11-21-47(36)56-50(37)48)55-42-19-9-4-14-35(42)39-28-32(22-24-44(39)55)53-40-17-7-2-12-33(40)34-13-3-8-18-41(34)53/h2-28H. The van der Waals surface area contributed by atoms with Crippen LogP contribution in [0.15, 0.2) is 168 Å². The zero-order valence-electron chi connectivity index (χ0n) is 29.7. The molecule has 0 unspecified atom stereocenters. The Kier molecular flexibility index (Phi) is 6.10. The molecule has 0 N–H and O–H groups in total. The molecule has 12 aromatic rings. The summed E-state index contributed by atoms with van der Waals surface area (Å²) in [7, 11) is 0. The Morgan fingerprint density at radius 3 is 1.71 bits per heavy atom. The van der Waals surface area contributed by atoms with E-state index in [-0.39, 0.29) is 0 Å². The predicted octanol–water partition coefficient (Wildman–Crippen LogP) is 13.3. The van der Waals surface area contributed by atoms with Gasteiger partial charge >= 0.3 is 0 Å². The van der Waals surface area contributed by atoms with Gasteiger partial charge in [-0.1, -0.05) is 91.0 Å². The van der Waals surface area contributed by atoms with Crippen LogP contribution < -0.4 is 0 Å². The first kappa shape index (κ1) is 30.4. The molecule has 0 amide bonds. The zero-order valence-corrected chi connectivity index (χ0v) is 29.7. The molecule has 0 bridgehead atoms. The summed E-state index contributed by atoms with van der Waals surface area (Å²) in [5.74, 6) is 0. The fourth-order valence-electron chi connectivity index (χ4n) is 9.20. The Bertz CT molecular complexity index is 3690. The largest absolute Gasteiger partial charge is 0.455 e. The van der Waals surface area contributed by atoms with E-state index in [2.05, 4.69) is 140 Å². The van der Waals surface area contributed by atoms with Gasteiger partial charge in [0.25, 0.3) is 0 Å². The van der Waals surface area contributed by atoms with Crippen molar-refractivity contribution in [3.8, 4) is 23.1 Å². The second kappa shape index (κ2) is 11.2. The Labute approximate surface area is 319 Å². The van der Waals surface area contributed by atoms with Crippen LogP contribution in [0.5, 0.6) is 0 Å². The van der Waals surface area contributed by atoms with Gasteiger partial charge in [-0.25, -0.2) is 4.85 Å². The van der Waals surface area contributed by atoms with E-state index in [1.807, 2.05) is 42.5 Å². The highest BCUT2D eigenvalue weighted by atomic mass is 16.3. The van der Waals surface area contributed by atoms with Gasteiger partial charge in [0.2, 0.25) is 0 Å². The van der Waals surface area contributed by atoms with Crippen molar-refractivity contribution in [3.63, 3.8) is 0 Å². The van der Waals surface area contributed by atoms with Crippen LogP contribution >= 0.6 is 0 Å². The number of furan rings is 1. The van der Waals surface area contributed by atoms with E-state index in [0.717, 1.165) is 88.0 Å². The van der Waals surface area contributed by atoms with E-state index in [9.17, 15) is 5.26 Å². The maximum Gasteiger partial charge on any atom is 0.190 e. The van der Waals surface area contributed by atoms with E-state index in [4.69, 9.17) is 11.0 Å². The Hall–Kier alpha value is -8.06. The van der Waals surface area contributed by atoms with Gasteiger partial charge in [-0.15, -0.1) is 0 Å². The maximum absolute atomic E-state index is 10.9. The first-order chi connectivity index (χ1) is 27.7. The molecule has 0 aliphatic heterocycles. The lowest BCUT2D eigenvalue weighted by molar-refractivity contribution is 0.673. The number of nitrogens with zero attached hydrogens (tertiary/aromatic N) is 5. The molecule has 258 valence electrons. The molecule has 0 aliphatic carbocycles. The quantitative estimate of drug-likeness (QED) is 0.171. The van der Waals surface area contributed by atoms with E-state index >= 15 is 0 Å². The van der Waals surface area contributed by atoms with Crippen LogP contribution in [-0.2, 0) is 0 Å².